The number of amides is 2. The van der Waals surface area contributed by atoms with Crippen molar-refractivity contribution in [3.8, 4) is 0 Å². The minimum atomic E-state index is -0.484. The van der Waals surface area contributed by atoms with E-state index in [2.05, 4.69) is 6.58 Å². The first-order chi connectivity index (χ1) is 7.93. The second kappa shape index (κ2) is 5.86. The Labute approximate surface area is 105 Å². The minimum Gasteiger partial charge on any atom is -0.336 e. The van der Waals surface area contributed by atoms with Crippen LogP contribution in [-0.4, -0.2) is 59.2 Å². The van der Waals surface area contributed by atoms with Crippen LogP contribution in [0, 0.1) is 0 Å². The van der Waals surface area contributed by atoms with Crippen LogP contribution in [0.2, 0.25) is 0 Å². The van der Waals surface area contributed by atoms with Gasteiger partial charge in [0.15, 0.2) is 0 Å². The standard InChI is InChI=1S/C11H16N2O3S/c1-8(2)11(16)17-7-6-13-5-4-12(3)9(14)10(13)15/h1,4-7H2,2-3H3. The normalized spacial score (nSPS) is 16.4. The van der Waals surface area contributed by atoms with Crippen molar-refractivity contribution in [2.75, 3.05) is 32.4 Å². The maximum absolute atomic E-state index is 11.6. The molecule has 0 atom stereocenters. The third-order valence-corrected chi connectivity index (χ3v) is 3.46. The number of hydrogen-bond donors (Lipinski definition) is 0. The van der Waals surface area contributed by atoms with E-state index in [1.54, 1.807) is 14.0 Å². The summed E-state index contributed by atoms with van der Waals surface area (Å²) >= 11 is 1.12. The van der Waals surface area contributed by atoms with Gasteiger partial charge in [0, 0.05) is 32.4 Å². The van der Waals surface area contributed by atoms with Gasteiger partial charge in [-0.05, 0) is 12.5 Å². The number of likely N-dealkylation sites (N-methyl/N-ethyl adjacent to an activating group) is 1. The maximum atomic E-state index is 11.6. The monoisotopic (exact) mass is 256 g/mol. The third-order valence-electron chi connectivity index (χ3n) is 2.47. The van der Waals surface area contributed by atoms with E-state index in [9.17, 15) is 14.4 Å². The van der Waals surface area contributed by atoms with Crippen molar-refractivity contribution >= 4 is 28.7 Å². The van der Waals surface area contributed by atoms with Gasteiger partial charge in [0.2, 0.25) is 5.12 Å². The SMILES string of the molecule is C=C(C)C(=O)SCCN1CCN(C)C(=O)C1=O. The van der Waals surface area contributed by atoms with Gasteiger partial charge in [-0.25, -0.2) is 0 Å². The largest absolute Gasteiger partial charge is 0.336 e. The zero-order valence-electron chi connectivity index (χ0n) is 10.1. The van der Waals surface area contributed by atoms with Crippen LogP contribution in [0.15, 0.2) is 12.2 Å². The molecule has 0 aromatic carbocycles. The second-order valence-corrected chi connectivity index (χ2v) is 5.00. The summed E-state index contributed by atoms with van der Waals surface area (Å²) in [6, 6.07) is 0. The average Bonchev–Trinajstić information content (AvgIpc) is 2.28. The van der Waals surface area contributed by atoms with Crippen LogP contribution in [0.25, 0.3) is 0 Å². The van der Waals surface area contributed by atoms with Gasteiger partial charge in [0.05, 0.1) is 0 Å². The Balaban J connectivity index is 2.38. The van der Waals surface area contributed by atoms with E-state index in [0.717, 1.165) is 11.8 Å². The first kappa shape index (κ1) is 13.8. The van der Waals surface area contributed by atoms with Gasteiger partial charge in [0.1, 0.15) is 0 Å². The summed E-state index contributed by atoms with van der Waals surface area (Å²) in [6.45, 7) is 6.69. The van der Waals surface area contributed by atoms with E-state index < -0.39 is 11.8 Å². The molecule has 0 N–H and O–H groups in total. The van der Waals surface area contributed by atoms with E-state index in [-0.39, 0.29) is 5.12 Å². The lowest BCUT2D eigenvalue weighted by Gasteiger charge is -2.31. The summed E-state index contributed by atoms with van der Waals surface area (Å²) in [5, 5.41) is -0.0714. The Hall–Kier alpha value is -1.30. The van der Waals surface area contributed by atoms with Crippen LogP contribution in [0.5, 0.6) is 0 Å². The molecule has 94 valence electrons. The zero-order valence-corrected chi connectivity index (χ0v) is 10.9. The highest BCUT2D eigenvalue weighted by molar-refractivity contribution is 8.14. The van der Waals surface area contributed by atoms with Crippen molar-refractivity contribution in [2.24, 2.45) is 0 Å². The van der Waals surface area contributed by atoms with E-state index in [1.807, 2.05) is 0 Å². The van der Waals surface area contributed by atoms with Gasteiger partial charge in [-0.3, -0.25) is 14.4 Å². The highest BCUT2D eigenvalue weighted by Gasteiger charge is 2.29. The molecular weight excluding hydrogens is 240 g/mol. The van der Waals surface area contributed by atoms with E-state index in [0.29, 0.717) is 31.0 Å². The molecule has 0 aromatic heterocycles. The van der Waals surface area contributed by atoms with Crippen LogP contribution in [0.4, 0.5) is 0 Å². The molecule has 0 spiro atoms. The highest BCUT2D eigenvalue weighted by Crippen LogP contribution is 2.10. The number of thioether (sulfide) groups is 1. The van der Waals surface area contributed by atoms with Crippen LogP contribution in [0.3, 0.4) is 0 Å². The molecule has 6 heteroatoms. The van der Waals surface area contributed by atoms with Crippen LogP contribution in [-0.2, 0) is 14.4 Å². The third kappa shape index (κ3) is 3.59. The second-order valence-electron chi connectivity index (χ2n) is 3.94. The average molecular weight is 256 g/mol. The number of nitrogens with zero attached hydrogens (tertiary/aromatic N) is 2. The molecule has 1 aliphatic rings. The molecule has 1 aliphatic heterocycles. The molecule has 0 unspecified atom stereocenters. The van der Waals surface area contributed by atoms with Gasteiger partial charge in [0.25, 0.3) is 0 Å². The quantitative estimate of drug-likeness (QED) is 0.529. The van der Waals surface area contributed by atoms with Crippen molar-refractivity contribution in [1.82, 2.24) is 9.80 Å². The topological polar surface area (TPSA) is 57.7 Å². The van der Waals surface area contributed by atoms with Crippen LogP contribution >= 0.6 is 11.8 Å². The number of carbonyl (C=O) groups is 3. The van der Waals surface area contributed by atoms with Crippen LogP contribution in [0.1, 0.15) is 6.92 Å². The summed E-state index contributed by atoms with van der Waals surface area (Å²) in [5.41, 5.74) is 0.496. The first-order valence-corrected chi connectivity index (χ1v) is 6.29. The lowest BCUT2D eigenvalue weighted by Crippen LogP contribution is -2.53. The molecule has 1 saturated heterocycles. The Morgan fingerprint density at radius 3 is 2.59 bits per heavy atom. The van der Waals surface area contributed by atoms with Crippen LogP contribution < -0.4 is 0 Å². The molecule has 17 heavy (non-hydrogen) atoms. The number of hydrogen-bond acceptors (Lipinski definition) is 4. The predicted molar refractivity (Wildman–Crippen MR) is 66.5 cm³/mol. The molecule has 1 heterocycles. The zero-order chi connectivity index (χ0) is 13.0. The fraction of sp³-hybridized carbons (Fsp3) is 0.545. The lowest BCUT2D eigenvalue weighted by molar-refractivity contribution is -0.154. The highest BCUT2D eigenvalue weighted by atomic mass is 32.2. The van der Waals surface area contributed by atoms with Crippen molar-refractivity contribution in [1.29, 1.82) is 0 Å². The maximum Gasteiger partial charge on any atom is 0.312 e. The van der Waals surface area contributed by atoms with Gasteiger partial charge in [-0.15, -0.1) is 0 Å². The molecule has 0 bridgehead atoms. The number of rotatable bonds is 4. The minimum absolute atomic E-state index is 0.0714. The molecule has 0 radical (unpaired) electrons. The van der Waals surface area contributed by atoms with E-state index in [4.69, 9.17) is 0 Å². The first-order valence-electron chi connectivity index (χ1n) is 5.30. The van der Waals surface area contributed by atoms with Crippen molar-refractivity contribution in [3.05, 3.63) is 12.2 Å². The van der Waals surface area contributed by atoms with Crippen molar-refractivity contribution < 1.29 is 14.4 Å². The summed E-state index contributed by atoms with van der Waals surface area (Å²) in [4.78, 5) is 37.1. The molecule has 0 saturated carbocycles. The summed E-state index contributed by atoms with van der Waals surface area (Å²) < 4.78 is 0. The lowest BCUT2D eigenvalue weighted by atomic mass is 10.3. The predicted octanol–water partition coefficient (Wildman–Crippen LogP) is 0.123. The van der Waals surface area contributed by atoms with Gasteiger partial charge in [-0.2, -0.15) is 0 Å². The Morgan fingerprint density at radius 1 is 1.35 bits per heavy atom. The van der Waals surface area contributed by atoms with Crippen molar-refractivity contribution in [2.45, 2.75) is 6.92 Å². The van der Waals surface area contributed by atoms with Gasteiger partial charge >= 0.3 is 11.8 Å². The van der Waals surface area contributed by atoms with Gasteiger partial charge < -0.3 is 9.80 Å². The fourth-order valence-corrected chi connectivity index (χ4v) is 2.10. The van der Waals surface area contributed by atoms with E-state index in [1.165, 1.54) is 9.80 Å². The molecule has 1 rings (SSSR count). The Morgan fingerprint density at radius 2 is 2.00 bits per heavy atom. The summed E-state index contributed by atoms with van der Waals surface area (Å²) in [6.07, 6.45) is 0. The summed E-state index contributed by atoms with van der Waals surface area (Å²) in [7, 11) is 1.61. The molecular formula is C11H16N2O3S. The molecule has 0 aliphatic carbocycles. The van der Waals surface area contributed by atoms with Gasteiger partial charge in [-0.1, -0.05) is 18.3 Å². The molecule has 5 nitrogen and oxygen atoms in total. The number of piperazine rings is 1. The molecule has 1 fully saturated rings. The molecule has 2 amide bonds. The summed E-state index contributed by atoms with van der Waals surface area (Å²) in [5.74, 6) is -0.469. The number of carbonyl (C=O) groups excluding carboxylic acids is 3. The van der Waals surface area contributed by atoms with Crippen molar-refractivity contribution in [3.63, 3.8) is 0 Å². The van der Waals surface area contributed by atoms with E-state index >= 15 is 0 Å². The molecule has 0 aromatic rings. The smallest absolute Gasteiger partial charge is 0.312 e. The fourth-order valence-electron chi connectivity index (χ4n) is 1.36. The Bertz CT molecular complexity index is 368. The Kier molecular flexibility index (Phi) is 4.74.